The fourth-order valence-electron chi connectivity index (χ4n) is 2.70. The highest BCUT2D eigenvalue weighted by Gasteiger charge is 2.24. The molecule has 0 spiro atoms. The van der Waals surface area contributed by atoms with Gasteiger partial charge in [0, 0.05) is 12.6 Å². The molecule has 5 heteroatoms. The molecule has 0 radical (unpaired) electrons. The van der Waals surface area contributed by atoms with E-state index in [0.29, 0.717) is 22.2 Å². The van der Waals surface area contributed by atoms with E-state index in [1.165, 1.54) is 12.8 Å². The number of hydrogen-bond acceptors (Lipinski definition) is 3. The van der Waals surface area contributed by atoms with E-state index in [4.69, 9.17) is 27.9 Å². The average Bonchev–Trinajstić information content (AvgIpc) is 2.89. The molecule has 19 heavy (non-hydrogen) atoms. The summed E-state index contributed by atoms with van der Waals surface area (Å²) < 4.78 is 5.17. The summed E-state index contributed by atoms with van der Waals surface area (Å²) >= 11 is 12.4. The largest absolute Gasteiger partial charge is 0.494 e. The van der Waals surface area contributed by atoms with Gasteiger partial charge < -0.3 is 9.84 Å². The lowest BCUT2D eigenvalue weighted by Gasteiger charge is -2.28. The molecule has 1 aliphatic rings. The Morgan fingerprint density at radius 3 is 2.32 bits per heavy atom. The van der Waals surface area contributed by atoms with E-state index in [9.17, 15) is 5.11 Å². The number of benzene rings is 1. The topological polar surface area (TPSA) is 32.7 Å². The quantitative estimate of drug-likeness (QED) is 0.903. The summed E-state index contributed by atoms with van der Waals surface area (Å²) in [6, 6.07) is 3.96. The minimum absolute atomic E-state index is 0.155. The Kier molecular flexibility index (Phi) is 5.34. The van der Waals surface area contributed by atoms with Crippen LogP contribution in [0.15, 0.2) is 12.1 Å². The van der Waals surface area contributed by atoms with E-state index in [1.807, 2.05) is 12.1 Å². The van der Waals surface area contributed by atoms with E-state index in [1.54, 1.807) is 7.11 Å². The second kappa shape index (κ2) is 6.80. The highest BCUT2D eigenvalue weighted by Crippen LogP contribution is 2.38. The smallest absolute Gasteiger partial charge is 0.156 e. The summed E-state index contributed by atoms with van der Waals surface area (Å²) in [5, 5.41) is 10.3. The summed E-state index contributed by atoms with van der Waals surface area (Å²) in [6.45, 7) is 2.28. The molecule has 1 aliphatic heterocycles. The van der Waals surface area contributed by atoms with Crippen molar-refractivity contribution < 1.29 is 9.84 Å². The molecule has 0 bridgehead atoms. The minimum Gasteiger partial charge on any atom is -0.494 e. The predicted octanol–water partition coefficient (Wildman–Crippen LogP) is 3.52. The number of aliphatic hydroxyl groups excluding tert-OH is 1. The molecule has 1 N–H and O–H groups in total. The lowest BCUT2D eigenvalue weighted by molar-refractivity contribution is 0.185. The number of rotatable bonds is 5. The zero-order valence-corrected chi connectivity index (χ0v) is 12.5. The van der Waals surface area contributed by atoms with Crippen molar-refractivity contribution in [2.75, 3.05) is 26.8 Å². The molecule has 1 atom stereocenters. The average molecular weight is 304 g/mol. The molecule has 2 rings (SSSR count). The normalized spacial score (nSPS) is 17.7. The first-order valence-corrected chi connectivity index (χ1v) is 7.30. The van der Waals surface area contributed by atoms with E-state index in [2.05, 4.69) is 4.90 Å². The Hall–Kier alpha value is -0.480. The molecular formula is C14H19Cl2NO2. The van der Waals surface area contributed by atoms with Crippen LogP contribution in [0, 0.1) is 0 Å². The SMILES string of the molecule is COc1c(Cl)cc(C(CCO)N2CCCC2)cc1Cl. The van der Waals surface area contributed by atoms with Crippen molar-refractivity contribution in [1.82, 2.24) is 4.90 Å². The molecule has 0 aliphatic carbocycles. The van der Waals surface area contributed by atoms with Gasteiger partial charge in [0.2, 0.25) is 0 Å². The van der Waals surface area contributed by atoms with Crippen molar-refractivity contribution in [3.63, 3.8) is 0 Å². The van der Waals surface area contributed by atoms with Crippen molar-refractivity contribution in [1.29, 1.82) is 0 Å². The van der Waals surface area contributed by atoms with Crippen LogP contribution in [0.2, 0.25) is 10.0 Å². The molecule has 106 valence electrons. The van der Waals surface area contributed by atoms with E-state index >= 15 is 0 Å². The maximum Gasteiger partial charge on any atom is 0.156 e. The number of ether oxygens (including phenoxy) is 1. The highest BCUT2D eigenvalue weighted by atomic mass is 35.5. The molecule has 1 heterocycles. The molecule has 3 nitrogen and oxygen atoms in total. The third-order valence-corrected chi connectivity index (χ3v) is 4.15. The minimum atomic E-state index is 0.155. The third-order valence-electron chi connectivity index (χ3n) is 3.59. The highest BCUT2D eigenvalue weighted by molar-refractivity contribution is 6.37. The van der Waals surface area contributed by atoms with Crippen molar-refractivity contribution in [3.05, 3.63) is 27.7 Å². The molecular weight excluding hydrogens is 285 g/mol. The van der Waals surface area contributed by atoms with E-state index in [0.717, 1.165) is 18.7 Å². The molecule has 0 amide bonds. The first kappa shape index (κ1) is 14.9. The molecule has 1 aromatic rings. The van der Waals surface area contributed by atoms with Gasteiger partial charge in [0.25, 0.3) is 0 Å². The lowest BCUT2D eigenvalue weighted by Crippen LogP contribution is -2.26. The number of aliphatic hydroxyl groups is 1. The zero-order chi connectivity index (χ0) is 13.8. The maximum absolute atomic E-state index is 9.28. The fourth-order valence-corrected chi connectivity index (χ4v) is 3.36. The molecule has 0 saturated carbocycles. The van der Waals surface area contributed by atoms with Gasteiger partial charge in [-0.25, -0.2) is 0 Å². The van der Waals surface area contributed by atoms with E-state index in [-0.39, 0.29) is 12.6 Å². The van der Waals surface area contributed by atoms with Gasteiger partial charge in [-0.15, -0.1) is 0 Å². The van der Waals surface area contributed by atoms with Gasteiger partial charge in [0.05, 0.1) is 17.2 Å². The van der Waals surface area contributed by atoms with Gasteiger partial charge in [-0.3, -0.25) is 4.90 Å². The Morgan fingerprint density at radius 1 is 1.26 bits per heavy atom. The summed E-state index contributed by atoms with van der Waals surface area (Å²) in [4.78, 5) is 2.38. The summed E-state index contributed by atoms with van der Waals surface area (Å²) in [5.74, 6) is 0.510. The molecule has 1 fully saturated rings. The monoisotopic (exact) mass is 303 g/mol. The number of halogens is 2. The lowest BCUT2D eigenvalue weighted by atomic mass is 10.0. The van der Waals surface area contributed by atoms with Crippen molar-refractivity contribution in [3.8, 4) is 5.75 Å². The summed E-state index contributed by atoms with van der Waals surface area (Å²) in [5.41, 5.74) is 1.05. The Morgan fingerprint density at radius 2 is 1.84 bits per heavy atom. The zero-order valence-electron chi connectivity index (χ0n) is 11.0. The summed E-state index contributed by atoms with van der Waals surface area (Å²) in [6.07, 6.45) is 3.11. The van der Waals surface area contributed by atoms with Crippen LogP contribution in [0.5, 0.6) is 5.75 Å². The van der Waals surface area contributed by atoms with Crippen LogP contribution in [-0.2, 0) is 0 Å². The van der Waals surface area contributed by atoms with Gasteiger partial charge in [0.1, 0.15) is 0 Å². The standard InChI is InChI=1S/C14H19Cl2NO2/c1-19-14-11(15)8-10(9-12(14)16)13(4-7-18)17-5-2-3-6-17/h8-9,13,18H,2-7H2,1H3. The van der Waals surface area contributed by atoms with Gasteiger partial charge in [-0.05, 0) is 50.0 Å². The van der Waals surface area contributed by atoms with Crippen LogP contribution < -0.4 is 4.74 Å². The van der Waals surface area contributed by atoms with Crippen molar-refractivity contribution in [2.45, 2.75) is 25.3 Å². The Labute approximate surface area is 124 Å². The van der Waals surface area contributed by atoms with Crippen LogP contribution in [0.25, 0.3) is 0 Å². The fraction of sp³-hybridized carbons (Fsp3) is 0.571. The molecule has 1 saturated heterocycles. The first-order chi connectivity index (χ1) is 9.17. The predicted molar refractivity (Wildman–Crippen MR) is 78.3 cm³/mol. The first-order valence-electron chi connectivity index (χ1n) is 6.55. The van der Waals surface area contributed by atoms with Gasteiger partial charge in [0.15, 0.2) is 5.75 Å². The Bertz CT molecular complexity index is 410. The Balaban J connectivity index is 2.30. The van der Waals surface area contributed by atoms with Gasteiger partial charge in [-0.1, -0.05) is 23.2 Å². The molecule has 1 aromatic carbocycles. The van der Waals surface area contributed by atoms with Crippen LogP contribution in [0.4, 0.5) is 0 Å². The number of likely N-dealkylation sites (tertiary alicyclic amines) is 1. The second-order valence-electron chi connectivity index (χ2n) is 4.79. The third kappa shape index (κ3) is 3.34. The summed E-state index contributed by atoms with van der Waals surface area (Å²) in [7, 11) is 1.55. The van der Waals surface area contributed by atoms with E-state index < -0.39 is 0 Å². The van der Waals surface area contributed by atoms with Gasteiger partial charge in [-0.2, -0.15) is 0 Å². The van der Waals surface area contributed by atoms with Crippen LogP contribution in [0.3, 0.4) is 0 Å². The van der Waals surface area contributed by atoms with Crippen molar-refractivity contribution in [2.24, 2.45) is 0 Å². The maximum atomic E-state index is 9.28. The van der Waals surface area contributed by atoms with Crippen LogP contribution in [-0.4, -0.2) is 36.8 Å². The number of nitrogens with zero attached hydrogens (tertiary/aromatic N) is 1. The number of hydrogen-bond donors (Lipinski definition) is 1. The molecule has 0 aromatic heterocycles. The number of methoxy groups -OCH3 is 1. The van der Waals surface area contributed by atoms with Crippen LogP contribution >= 0.6 is 23.2 Å². The van der Waals surface area contributed by atoms with Crippen molar-refractivity contribution >= 4 is 23.2 Å². The van der Waals surface area contributed by atoms with Gasteiger partial charge >= 0.3 is 0 Å². The van der Waals surface area contributed by atoms with Crippen LogP contribution in [0.1, 0.15) is 30.9 Å². The second-order valence-corrected chi connectivity index (χ2v) is 5.60. The molecule has 1 unspecified atom stereocenters.